The molecule has 0 aromatic heterocycles. The lowest BCUT2D eigenvalue weighted by Crippen LogP contribution is -2.28. The maximum Gasteiger partial charge on any atom is 0.122 e. The van der Waals surface area contributed by atoms with E-state index >= 15 is 0 Å². The molecule has 0 aliphatic carbocycles. The van der Waals surface area contributed by atoms with E-state index in [1.165, 1.54) is 23.3 Å². The fourth-order valence-corrected chi connectivity index (χ4v) is 3.37. The van der Waals surface area contributed by atoms with Crippen molar-refractivity contribution in [2.24, 2.45) is 0 Å². The summed E-state index contributed by atoms with van der Waals surface area (Å²) in [7, 11) is 1.75. The van der Waals surface area contributed by atoms with Gasteiger partial charge < -0.3 is 4.74 Å². The number of hydrogen-bond acceptors (Lipinski definition) is 2. The highest BCUT2D eigenvalue weighted by molar-refractivity contribution is 8.01. The predicted octanol–water partition coefficient (Wildman–Crippen LogP) is 4.34. The fraction of sp³-hybridized carbons (Fsp3) is 0.600. The van der Waals surface area contributed by atoms with E-state index in [-0.39, 0.29) is 5.41 Å². The Kier molecular flexibility index (Phi) is 3.19. The highest BCUT2D eigenvalue weighted by Gasteiger charge is 2.35. The van der Waals surface area contributed by atoms with E-state index in [0.29, 0.717) is 4.75 Å². The van der Waals surface area contributed by atoms with Crippen molar-refractivity contribution in [2.45, 2.75) is 44.3 Å². The molecule has 1 heterocycles. The summed E-state index contributed by atoms with van der Waals surface area (Å²) in [6.45, 7) is 9.07. The molecule has 1 fully saturated rings. The Labute approximate surface area is 109 Å². The molecular weight excluding hydrogens is 228 g/mol. The van der Waals surface area contributed by atoms with Crippen LogP contribution in [0.1, 0.15) is 45.2 Å². The van der Waals surface area contributed by atoms with Gasteiger partial charge in [0.1, 0.15) is 5.75 Å². The summed E-state index contributed by atoms with van der Waals surface area (Å²) in [6, 6.07) is 6.69. The van der Waals surface area contributed by atoms with Gasteiger partial charge in [-0.05, 0) is 41.7 Å². The fourth-order valence-electron chi connectivity index (χ4n) is 2.26. The predicted molar refractivity (Wildman–Crippen MR) is 76.1 cm³/mol. The largest absolute Gasteiger partial charge is 0.496 e. The monoisotopic (exact) mass is 250 g/mol. The molecule has 0 bridgehead atoms. The van der Waals surface area contributed by atoms with Crippen LogP contribution in [-0.4, -0.2) is 12.9 Å². The van der Waals surface area contributed by atoms with Crippen LogP contribution in [0.4, 0.5) is 0 Å². The first kappa shape index (κ1) is 12.8. The Balaban J connectivity index is 2.45. The van der Waals surface area contributed by atoms with Crippen LogP contribution in [0.25, 0.3) is 0 Å². The van der Waals surface area contributed by atoms with Crippen molar-refractivity contribution in [2.75, 3.05) is 12.9 Å². The molecule has 0 amide bonds. The molecule has 0 radical (unpaired) electrons. The maximum atomic E-state index is 5.48. The molecule has 1 aromatic rings. The minimum absolute atomic E-state index is 0.131. The highest BCUT2D eigenvalue weighted by atomic mass is 32.2. The van der Waals surface area contributed by atoms with Crippen molar-refractivity contribution in [3.8, 4) is 5.75 Å². The molecule has 1 saturated heterocycles. The zero-order chi connectivity index (χ0) is 12.7. The molecule has 1 aliphatic rings. The van der Waals surface area contributed by atoms with Gasteiger partial charge in [-0.1, -0.05) is 32.9 Å². The van der Waals surface area contributed by atoms with E-state index in [0.717, 1.165) is 5.75 Å². The van der Waals surface area contributed by atoms with Crippen LogP contribution in [0.5, 0.6) is 5.75 Å². The van der Waals surface area contributed by atoms with Crippen molar-refractivity contribution in [3.05, 3.63) is 29.3 Å². The van der Waals surface area contributed by atoms with Gasteiger partial charge in [0.2, 0.25) is 0 Å². The average molecular weight is 250 g/mol. The van der Waals surface area contributed by atoms with E-state index < -0.39 is 0 Å². The molecule has 0 saturated carbocycles. The van der Waals surface area contributed by atoms with Gasteiger partial charge in [-0.2, -0.15) is 11.8 Å². The highest BCUT2D eigenvalue weighted by Crippen LogP contribution is 2.50. The summed E-state index contributed by atoms with van der Waals surface area (Å²) >= 11 is 2.05. The van der Waals surface area contributed by atoms with Crippen LogP contribution in [0, 0.1) is 0 Å². The summed E-state index contributed by atoms with van der Waals surface area (Å²) in [4.78, 5) is 0. The van der Waals surface area contributed by atoms with Gasteiger partial charge >= 0.3 is 0 Å². The average Bonchev–Trinajstić information content (AvgIpc) is 2.24. The number of hydrogen-bond donors (Lipinski definition) is 0. The number of thioether (sulfide) groups is 1. The Morgan fingerprint density at radius 1 is 1.29 bits per heavy atom. The standard InChI is InChI=1S/C15H22OS/c1-14(2,3)12-10-11(6-7-13(12)16-5)15(4)8-9-17-15/h6-7,10H,8-9H2,1-5H3. The van der Waals surface area contributed by atoms with Gasteiger partial charge in [0, 0.05) is 4.75 Å². The van der Waals surface area contributed by atoms with Gasteiger partial charge in [-0.25, -0.2) is 0 Å². The van der Waals surface area contributed by atoms with Crippen molar-refractivity contribution < 1.29 is 4.74 Å². The normalized spacial score (nSPS) is 24.3. The smallest absolute Gasteiger partial charge is 0.122 e. The zero-order valence-corrected chi connectivity index (χ0v) is 12.3. The molecule has 1 aromatic carbocycles. The van der Waals surface area contributed by atoms with Crippen molar-refractivity contribution in [1.29, 1.82) is 0 Å². The third kappa shape index (κ3) is 2.33. The summed E-state index contributed by atoms with van der Waals surface area (Å²) in [5, 5.41) is 0. The lowest BCUT2D eigenvalue weighted by molar-refractivity contribution is 0.397. The van der Waals surface area contributed by atoms with Crippen LogP contribution >= 0.6 is 11.8 Å². The Morgan fingerprint density at radius 3 is 2.35 bits per heavy atom. The lowest BCUT2D eigenvalue weighted by Gasteiger charge is -2.39. The number of methoxy groups -OCH3 is 1. The number of benzene rings is 1. The summed E-state index contributed by atoms with van der Waals surface area (Å²) < 4.78 is 5.81. The minimum Gasteiger partial charge on any atom is -0.496 e. The second-order valence-corrected chi connectivity index (χ2v) is 7.59. The van der Waals surface area contributed by atoms with Crippen LogP contribution in [-0.2, 0) is 10.2 Å². The van der Waals surface area contributed by atoms with Gasteiger partial charge in [-0.15, -0.1) is 0 Å². The third-order valence-electron chi connectivity index (χ3n) is 3.62. The molecule has 0 spiro atoms. The second-order valence-electron chi connectivity index (χ2n) is 5.99. The maximum absolute atomic E-state index is 5.48. The molecule has 1 aliphatic heterocycles. The molecule has 1 atom stereocenters. The van der Waals surface area contributed by atoms with E-state index in [4.69, 9.17) is 4.74 Å². The number of ether oxygens (including phenoxy) is 1. The molecule has 2 rings (SSSR count). The van der Waals surface area contributed by atoms with E-state index in [9.17, 15) is 0 Å². The molecule has 0 N–H and O–H groups in total. The molecule has 94 valence electrons. The van der Waals surface area contributed by atoms with E-state index in [1.54, 1.807) is 7.11 Å². The molecule has 2 heteroatoms. The summed E-state index contributed by atoms with van der Waals surface area (Å²) in [5.41, 5.74) is 2.89. The number of rotatable bonds is 2. The Hall–Kier alpha value is -0.630. The third-order valence-corrected chi connectivity index (χ3v) is 5.10. The topological polar surface area (TPSA) is 9.23 Å². The summed E-state index contributed by atoms with van der Waals surface area (Å²) in [6.07, 6.45) is 1.29. The lowest BCUT2D eigenvalue weighted by atomic mass is 9.83. The molecule has 1 unspecified atom stereocenters. The van der Waals surface area contributed by atoms with Gasteiger partial charge in [-0.3, -0.25) is 0 Å². The Bertz CT molecular complexity index is 413. The first-order chi connectivity index (χ1) is 7.87. The van der Waals surface area contributed by atoms with Gasteiger partial charge in [0.05, 0.1) is 7.11 Å². The van der Waals surface area contributed by atoms with Crippen LogP contribution < -0.4 is 4.74 Å². The minimum atomic E-state index is 0.131. The summed E-state index contributed by atoms with van der Waals surface area (Å²) in [5.74, 6) is 2.29. The van der Waals surface area contributed by atoms with Crippen LogP contribution in [0.15, 0.2) is 18.2 Å². The molecular formula is C15H22OS. The van der Waals surface area contributed by atoms with Crippen molar-refractivity contribution >= 4 is 11.8 Å². The zero-order valence-electron chi connectivity index (χ0n) is 11.5. The second kappa shape index (κ2) is 4.24. The van der Waals surface area contributed by atoms with E-state index in [1.807, 2.05) is 0 Å². The SMILES string of the molecule is COc1ccc(C2(C)CCS2)cc1C(C)(C)C. The quantitative estimate of drug-likeness (QED) is 0.772. The van der Waals surface area contributed by atoms with E-state index in [2.05, 4.69) is 57.7 Å². The Morgan fingerprint density at radius 2 is 1.94 bits per heavy atom. The van der Waals surface area contributed by atoms with Crippen molar-refractivity contribution in [3.63, 3.8) is 0 Å². The van der Waals surface area contributed by atoms with Crippen molar-refractivity contribution in [1.82, 2.24) is 0 Å². The van der Waals surface area contributed by atoms with Crippen LogP contribution in [0.2, 0.25) is 0 Å². The molecule has 17 heavy (non-hydrogen) atoms. The van der Waals surface area contributed by atoms with Crippen LogP contribution in [0.3, 0.4) is 0 Å². The van der Waals surface area contributed by atoms with Gasteiger partial charge in [0.25, 0.3) is 0 Å². The van der Waals surface area contributed by atoms with Gasteiger partial charge in [0.15, 0.2) is 0 Å². The first-order valence-corrected chi connectivity index (χ1v) is 7.18. The molecule has 1 nitrogen and oxygen atoms in total. The first-order valence-electron chi connectivity index (χ1n) is 6.20.